The third-order valence-corrected chi connectivity index (χ3v) is 2.66. The van der Waals surface area contributed by atoms with Crippen LogP contribution in [0.3, 0.4) is 0 Å². The molecule has 0 radical (unpaired) electrons. The smallest absolute Gasteiger partial charge is 0.408 e. The second-order valence-electron chi connectivity index (χ2n) is 5.18. The van der Waals surface area contributed by atoms with Crippen molar-refractivity contribution in [1.82, 2.24) is 5.32 Å². The number of amides is 1. The SMILES string of the molecule is CC(C)(C)OC(=O)NC1CCC(CO)=C1CO. The lowest BCUT2D eigenvalue weighted by Gasteiger charge is -2.22. The van der Waals surface area contributed by atoms with Gasteiger partial charge in [0.25, 0.3) is 0 Å². The molecule has 0 fully saturated rings. The Bertz CT molecular complexity index is 317. The van der Waals surface area contributed by atoms with E-state index >= 15 is 0 Å². The molecule has 0 saturated heterocycles. The summed E-state index contributed by atoms with van der Waals surface area (Å²) in [7, 11) is 0. The summed E-state index contributed by atoms with van der Waals surface area (Å²) in [6.07, 6.45) is 0.908. The Balaban J connectivity index is 2.59. The predicted molar refractivity (Wildman–Crippen MR) is 63.6 cm³/mol. The van der Waals surface area contributed by atoms with Crippen LogP contribution in [0.15, 0.2) is 11.1 Å². The maximum absolute atomic E-state index is 11.6. The molecule has 1 aliphatic carbocycles. The molecule has 0 aromatic rings. The molecule has 98 valence electrons. The summed E-state index contributed by atoms with van der Waals surface area (Å²) in [5, 5.41) is 21.0. The normalized spacial score (nSPS) is 20.6. The number of alkyl carbamates (subject to hydrolysis) is 1. The summed E-state index contributed by atoms with van der Waals surface area (Å²) in [6.45, 7) is 5.17. The van der Waals surface area contributed by atoms with E-state index in [0.717, 1.165) is 5.57 Å². The van der Waals surface area contributed by atoms with Crippen LogP contribution in [0.1, 0.15) is 33.6 Å². The second kappa shape index (κ2) is 5.51. The van der Waals surface area contributed by atoms with Crippen LogP contribution in [-0.4, -0.2) is 41.2 Å². The van der Waals surface area contributed by atoms with Crippen LogP contribution >= 0.6 is 0 Å². The van der Waals surface area contributed by atoms with Crippen molar-refractivity contribution >= 4 is 6.09 Å². The van der Waals surface area contributed by atoms with E-state index in [1.807, 2.05) is 0 Å². The van der Waals surface area contributed by atoms with E-state index in [2.05, 4.69) is 5.32 Å². The molecule has 5 heteroatoms. The third-order valence-electron chi connectivity index (χ3n) is 2.66. The van der Waals surface area contributed by atoms with Gasteiger partial charge in [0.05, 0.1) is 19.3 Å². The van der Waals surface area contributed by atoms with Crippen molar-refractivity contribution in [1.29, 1.82) is 0 Å². The Kier molecular flexibility index (Phi) is 4.54. The van der Waals surface area contributed by atoms with Crippen LogP contribution < -0.4 is 5.32 Å². The van der Waals surface area contributed by atoms with Crippen LogP contribution in [0, 0.1) is 0 Å². The summed E-state index contributed by atoms with van der Waals surface area (Å²) < 4.78 is 5.14. The molecule has 3 N–H and O–H groups in total. The summed E-state index contributed by atoms with van der Waals surface area (Å²) in [4.78, 5) is 11.6. The van der Waals surface area contributed by atoms with E-state index in [-0.39, 0.29) is 19.3 Å². The first-order chi connectivity index (χ1) is 7.87. The van der Waals surface area contributed by atoms with Crippen LogP contribution in [0.2, 0.25) is 0 Å². The minimum absolute atomic E-state index is 0.0671. The lowest BCUT2D eigenvalue weighted by Crippen LogP contribution is -2.39. The van der Waals surface area contributed by atoms with Crippen molar-refractivity contribution in [2.75, 3.05) is 13.2 Å². The zero-order valence-corrected chi connectivity index (χ0v) is 10.6. The van der Waals surface area contributed by atoms with Gasteiger partial charge in [-0.3, -0.25) is 0 Å². The molecule has 0 bridgehead atoms. The molecule has 0 saturated carbocycles. The first-order valence-corrected chi connectivity index (χ1v) is 5.79. The average molecular weight is 243 g/mol. The molecule has 0 aliphatic heterocycles. The highest BCUT2D eigenvalue weighted by atomic mass is 16.6. The van der Waals surface area contributed by atoms with Crippen molar-refractivity contribution in [2.24, 2.45) is 0 Å². The van der Waals surface area contributed by atoms with Gasteiger partial charge in [-0.1, -0.05) is 0 Å². The molecular weight excluding hydrogens is 222 g/mol. The highest BCUT2D eigenvalue weighted by Crippen LogP contribution is 2.26. The standard InChI is InChI=1S/C12H21NO4/c1-12(2,3)17-11(16)13-10-5-4-8(6-14)9(10)7-15/h10,14-15H,4-7H2,1-3H3,(H,13,16). The van der Waals surface area contributed by atoms with Gasteiger partial charge in [-0.25, -0.2) is 4.79 Å². The maximum Gasteiger partial charge on any atom is 0.408 e. The maximum atomic E-state index is 11.6. The fraction of sp³-hybridized carbons (Fsp3) is 0.750. The number of rotatable bonds is 3. The number of hydrogen-bond donors (Lipinski definition) is 3. The van der Waals surface area contributed by atoms with Gasteiger partial charge in [-0.2, -0.15) is 0 Å². The molecular formula is C12H21NO4. The minimum atomic E-state index is -0.536. The van der Waals surface area contributed by atoms with Gasteiger partial charge in [0, 0.05) is 0 Å². The lowest BCUT2D eigenvalue weighted by molar-refractivity contribution is 0.0510. The molecule has 0 aromatic heterocycles. The van der Waals surface area contributed by atoms with Crippen molar-refractivity contribution in [2.45, 2.75) is 45.3 Å². The summed E-state index contributed by atoms with van der Waals surface area (Å²) in [5.41, 5.74) is 0.984. The third kappa shape index (κ3) is 4.02. The van der Waals surface area contributed by atoms with Gasteiger partial charge in [0.15, 0.2) is 0 Å². The number of nitrogens with one attached hydrogen (secondary N) is 1. The van der Waals surface area contributed by atoms with Gasteiger partial charge in [-0.15, -0.1) is 0 Å². The van der Waals surface area contributed by atoms with E-state index < -0.39 is 11.7 Å². The lowest BCUT2D eigenvalue weighted by atomic mass is 10.1. The van der Waals surface area contributed by atoms with Gasteiger partial charge in [0.1, 0.15) is 5.60 Å². The van der Waals surface area contributed by atoms with Crippen molar-refractivity contribution in [3.63, 3.8) is 0 Å². The highest BCUT2D eigenvalue weighted by Gasteiger charge is 2.27. The first kappa shape index (κ1) is 14.0. The molecule has 0 aromatic carbocycles. The van der Waals surface area contributed by atoms with Crippen LogP contribution in [0.5, 0.6) is 0 Å². The van der Waals surface area contributed by atoms with E-state index in [1.54, 1.807) is 20.8 Å². The summed E-state index contributed by atoms with van der Waals surface area (Å²) in [5.74, 6) is 0. The van der Waals surface area contributed by atoms with Crippen LogP contribution in [-0.2, 0) is 4.74 Å². The van der Waals surface area contributed by atoms with Crippen LogP contribution in [0.4, 0.5) is 4.79 Å². The van der Waals surface area contributed by atoms with Crippen molar-refractivity contribution < 1.29 is 19.7 Å². The molecule has 1 amide bonds. The fourth-order valence-corrected chi connectivity index (χ4v) is 1.91. The Morgan fingerprint density at radius 1 is 1.41 bits per heavy atom. The fourth-order valence-electron chi connectivity index (χ4n) is 1.91. The number of aliphatic hydroxyl groups excluding tert-OH is 2. The Morgan fingerprint density at radius 2 is 2.06 bits per heavy atom. The zero-order chi connectivity index (χ0) is 13.1. The van der Waals surface area contributed by atoms with Gasteiger partial charge >= 0.3 is 6.09 Å². The Labute approximate surface area is 101 Å². The number of aliphatic hydroxyl groups is 2. The number of carbonyl (C=O) groups excluding carboxylic acids is 1. The largest absolute Gasteiger partial charge is 0.444 e. The van der Waals surface area contributed by atoms with Gasteiger partial charge in [0.2, 0.25) is 0 Å². The molecule has 0 spiro atoms. The van der Waals surface area contributed by atoms with Crippen molar-refractivity contribution in [3.05, 3.63) is 11.1 Å². The number of carbonyl (C=O) groups is 1. The van der Waals surface area contributed by atoms with E-state index in [1.165, 1.54) is 0 Å². The van der Waals surface area contributed by atoms with E-state index in [9.17, 15) is 9.90 Å². The molecule has 1 rings (SSSR count). The minimum Gasteiger partial charge on any atom is -0.444 e. The van der Waals surface area contributed by atoms with Gasteiger partial charge in [-0.05, 0) is 44.8 Å². The second-order valence-corrected chi connectivity index (χ2v) is 5.18. The predicted octanol–water partition coefficient (Wildman–Crippen LogP) is 0.955. The van der Waals surface area contributed by atoms with E-state index in [4.69, 9.17) is 9.84 Å². The molecule has 0 heterocycles. The highest BCUT2D eigenvalue weighted by molar-refractivity contribution is 5.69. The van der Waals surface area contributed by atoms with Crippen LogP contribution in [0.25, 0.3) is 0 Å². The monoisotopic (exact) mass is 243 g/mol. The molecule has 1 unspecified atom stereocenters. The molecule has 5 nitrogen and oxygen atoms in total. The first-order valence-electron chi connectivity index (χ1n) is 5.79. The summed E-state index contributed by atoms with van der Waals surface area (Å²) >= 11 is 0. The number of ether oxygens (including phenoxy) is 1. The van der Waals surface area contributed by atoms with E-state index in [0.29, 0.717) is 18.4 Å². The zero-order valence-electron chi connectivity index (χ0n) is 10.6. The van der Waals surface area contributed by atoms with Gasteiger partial charge < -0.3 is 20.3 Å². The number of hydrogen-bond acceptors (Lipinski definition) is 4. The van der Waals surface area contributed by atoms with Crippen molar-refractivity contribution in [3.8, 4) is 0 Å². The molecule has 17 heavy (non-hydrogen) atoms. The average Bonchev–Trinajstić information content (AvgIpc) is 2.56. The Hall–Kier alpha value is -1.07. The Morgan fingerprint density at radius 3 is 2.53 bits per heavy atom. The molecule has 1 aliphatic rings. The quantitative estimate of drug-likeness (QED) is 0.645. The molecule has 1 atom stereocenters. The summed E-state index contributed by atoms with van der Waals surface area (Å²) in [6, 6.07) is -0.225. The topological polar surface area (TPSA) is 78.8 Å².